The highest BCUT2D eigenvalue weighted by Crippen LogP contribution is 2.18. The number of hydrogen-bond donors (Lipinski definition) is 0. The second-order valence-corrected chi connectivity index (χ2v) is 2.89. The normalized spacial score (nSPS) is 11.8. The fourth-order valence-electron chi connectivity index (χ4n) is 0.929. The van der Waals surface area contributed by atoms with Crippen LogP contribution in [0.25, 0.3) is 0 Å². The van der Waals surface area contributed by atoms with Crippen LogP contribution in [0.2, 0.25) is 0 Å². The monoisotopic (exact) mass is 224 g/mol. The summed E-state index contributed by atoms with van der Waals surface area (Å²) in [5.41, 5.74) is 0.679. The smallest absolute Gasteiger partial charge is 0.224 e. The zero-order valence-corrected chi connectivity index (χ0v) is 7.77. The molecule has 0 radical (unpaired) electrons. The van der Waals surface area contributed by atoms with Gasteiger partial charge in [0.25, 0.3) is 0 Å². The Balaban J connectivity index is 2.51. The third-order valence-corrected chi connectivity index (χ3v) is 1.58. The molecule has 2 nitrogen and oxygen atoms in total. The van der Waals surface area contributed by atoms with Crippen molar-refractivity contribution in [3.05, 3.63) is 35.1 Å². The van der Waals surface area contributed by atoms with E-state index in [1.807, 2.05) is 0 Å². The van der Waals surface area contributed by atoms with Gasteiger partial charge in [-0.05, 0) is 18.6 Å². The molecule has 1 rings (SSSR count). The number of hydrogen-bond acceptors (Lipinski definition) is 2. The Morgan fingerprint density at radius 3 is 2.47 bits per heavy atom. The van der Waals surface area contributed by atoms with Gasteiger partial charge in [-0.2, -0.15) is 0 Å². The highest BCUT2D eigenvalue weighted by molar-refractivity contribution is 5.22. The first-order valence-corrected chi connectivity index (χ1v) is 4.01. The highest BCUT2D eigenvalue weighted by atomic mass is 19.4. The van der Waals surface area contributed by atoms with Crippen LogP contribution in [0.5, 0.6) is 0 Å². The summed E-state index contributed by atoms with van der Waals surface area (Å²) in [6.45, 7) is 1.07. The average Bonchev–Trinajstić information content (AvgIpc) is 2.07. The van der Waals surface area contributed by atoms with Gasteiger partial charge in [0.2, 0.25) is 0 Å². The molecule has 15 heavy (non-hydrogen) atoms. The average molecular weight is 224 g/mol. The van der Waals surface area contributed by atoms with Gasteiger partial charge in [0.05, 0.1) is 0 Å². The van der Waals surface area contributed by atoms with Gasteiger partial charge in [-0.3, -0.25) is 0 Å². The zero-order valence-electron chi connectivity index (χ0n) is 7.77. The van der Waals surface area contributed by atoms with Crippen LogP contribution in [0.3, 0.4) is 0 Å². The Morgan fingerprint density at radius 1 is 1.27 bits per heavy atom. The van der Waals surface area contributed by atoms with E-state index < -0.39 is 18.8 Å². The highest BCUT2D eigenvalue weighted by Gasteiger charge is 2.31. The minimum absolute atomic E-state index is 0.00449. The molecular formula is C9H8F4O2. The lowest BCUT2D eigenvalue weighted by Crippen LogP contribution is -2.13. The Kier molecular flexibility index (Phi) is 3.65. The molecule has 0 aliphatic heterocycles. The van der Waals surface area contributed by atoms with Gasteiger partial charge >= 0.3 is 6.36 Å². The molecule has 6 heteroatoms. The standard InChI is InChI=1S/C9H8F4O2/c1-6-2-3-7(8(10)4-6)5-14-15-9(11,12)13/h2-4H,5H2,1H3. The van der Waals surface area contributed by atoms with E-state index in [4.69, 9.17) is 0 Å². The lowest BCUT2D eigenvalue weighted by Gasteiger charge is -2.07. The minimum Gasteiger partial charge on any atom is -0.224 e. The van der Waals surface area contributed by atoms with Crippen LogP contribution in [-0.2, 0) is 16.4 Å². The Morgan fingerprint density at radius 2 is 1.93 bits per heavy atom. The Bertz CT molecular complexity index is 335. The second kappa shape index (κ2) is 4.59. The molecule has 0 saturated carbocycles. The fourth-order valence-corrected chi connectivity index (χ4v) is 0.929. The summed E-state index contributed by atoms with van der Waals surface area (Å²) in [4.78, 5) is 6.89. The van der Waals surface area contributed by atoms with E-state index in [2.05, 4.69) is 9.78 Å². The first-order chi connectivity index (χ1) is 6.88. The molecule has 0 unspecified atom stereocenters. The Labute approximate surface area is 83.3 Å². The van der Waals surface area contributed by atoms with Crippen LogP contribution < -0.4 is 0 Å². The zero-order chi connectivity index (χ0) is 11.5. The van der Waals surface area contributed by atoms with Crippen molar-refractivity contribution in [2.45, 2.75) is 19.9 Å². The maximum absolute atomic E-state index is 13.1. The number of alkyl halides is 3. The van der Waals surface area contributed by atoms with Gasteiger partial charge in [-0.1, -0.05) is 12.1 Å². The minimum atomic E-state index is -4.87. The maximum Gasteiger partial charge on any atom is 0.549 e. The van der Waals surface area contributed by atoms with Gasteiger partial charge in [0.15, 0.2) is 0 Å². The molecule has 0 atom stereocenters. The molecule has 0 aliphatic rings. The van der Waals surface area contributed by atoms with Crippen LogP contribution in [0.4, 0.5) is 17.6 Å². The molecule has 84 valence electrons. The summed E-state index contributed by atoms with van der Waals surface area (Å²) < 4.78 is 47.5. The summed E-state index contributed by atoms with van der Waals surface area (Å²) in [5.74, 6) is -0.624. The first-order valence-electron chi connectivity index (χ1n) is 4.01. The summed E-state index contributed by atoms with van der Waals surface area (Å²) in [6.07, 6.45) is -4.87. The van der Waals surface area contributed by atoms with Crippen molar-refractivity contribution in [2.75, 3.05) is 0 Å². The van der Waals surface area contributed by atoms with Crippen LogP contribution >= 0.6 is 0 Å². The maximum atomic E-state index is 13.1. The van der Waals surface area contributed by atoms with Crippen LogP contribution in [0.1, 0.15) is 11.1 Å². The molecule has 0 saturated heterocycles. The van der Waals surface area contributed by atoms with Crippen molar-refractivity contribution in [3.63, 3.8) is 0 Å². The van der Waals surface area contributed by atoms with Crippen molar-refractivity contribution in [2.24, 2.45) is 0 Å². The third kappa shape index (κ3) is 4.26. The lowest BCUT2D eigenvalue weighted by molar-refractivity contribution is -0.488. The van der Waals surface area contributed by atoms with Crippen LogP contribution in [-0.4, -0.2) is 6.36 Å². The summed E-state index contributed by atoms with van der Waals surface area (Å²) in [5, 5.41) is 0. The van der Waals surface area contributed by atoms with Gasteiger partial charge in [0.1, 0.15) is 12.4 Å². The molecular weight excluding hydrogens is 216 g/mol. The van der Waals surface area contributed by atoms with E-state index in [9.17, 15) is 17.6 Å². The van der Waals surface area contributed by atoms with E-state index in [1.54, 1.807) is 13.0 Å². The molecule has 0 heterocycles. The number of benzene rings is 1. The van der Waals surface area contributed by atoms with E-state index in [0.29, 0.717) is 5.56 Å². The van der Waals surface area contributed by atoms with Gasteiger partial charge in [-0.25, -0.2) is 9.28 Å². The van der Waals surface area contributed by atoms with Gasteiger partial charge in [-0.15, -0.1) is 18.1 Å². The molecule has 0 fully saturated rings. The molecule has 0 aromatic heterocycles. The van der Waals surface area contributed by atoms with Crippen molar-refractivity contribution >= 4 is 0 Å². The summed E-state index contributed by atoms with van der Waals surface area (Å²) in [6, 6.07) is 4.10. The van der Waals surface area contributed by atoms with Crippen molar-refractivity contribution in [1.29, 1.82) is 0 Å². The molecule has 1 aromatic rings. The fraction of sp³-hybridized carbons (Fsp3) is 0.333. The predicted octanol–water partition coefficient (Wildman–Crippen LogP) is 3.10. The molecule has 0 aliphatic carbocycles. The van der Waals surface area contributed by atoms with E-state index >= 15 is 0 Å². The van der Waals surface area contributed by atoms with Crippen molar-refractivity contribution < 1.29 is 27.3 Å². The van der Waals surface area contributed by atoms with Crippen molar-refractivity contribution in [3.8, 4) is 0 Å². The number of halogens is 4. The lowest BCUT2D eigenvalue weighted by atomic mass is 10.1. The third-order valence-electron chi connectivity index (χ3n) is 1.58. The van der Waals surface area contributed by atoms with E-state index in [-0.39, 0.29) is 5.56 Å². The Hall–Kier alpha value is -1.14. The summed E-state index contributed by atoms with van der Waals surface area (Å²) in [7, 11) is 0. The quantitative estimate of drug-likeness (QED) is 0.446. The topological polar surface area (TPSA) is 18.5 Å². The number of rotatable bonds is 3. The molecule has 0 N–H and O–H groups in total. The molecule has 0 spiro atoms. The van der Waals surface area contributed by atoms with Crippen molar-refractivity contribution in [1.82, 2.24) is 0 Å². The predicted molar refractivity (Wildman–Crippen MR) is 43.1 cm³/mol. The van der Waals surface area contributed by atoms with Gasteiger partial charge in [0, 0.05) is 5.56 Å². The largest absolute Gasteiger partial charge is 0.549 e. The molecule has 0 amide bonds. The number of aryl methyl sites for hydroxylation is 1. The molecule has 0 bridgehead atoms. The van der Waals surface area contributed by atoms with E-state index in [0.717, 1.165) is 0 Å². The molecule has 1 aromatic carbocycles. The van der Waals surface area contributed by atoms with E-state index in [1.165, 1.54) is 12.1 Å². The first kappa shape index (κ1) is 11.9. The SMILES string of the molecule is Cc1ccc(COOC(F)(F)F)c(F)c1. The van der Waals surface area contributed by atoms with Crippen LogP contribution in [0, 0.1) is 12.7 Å². The summed E-state index contributed by atoms with van der Waals surface area (Å²) >= 11 is 0. The second-order valence-electron chi connectivity index (χ2n) is 2.89. The van der Waals surface area contributed by atoms with Gasteiger partial charge < -0.3 is 0 Å². The van der Waals surface area contributed by atoms with Crippen LogP contribution in [0.15, 0.2) is 18.2 Å².